The molecule has 0 unspecified atom stereocenters. The molecule has 0 bridgehead atoms. The Morgan fingerprint density at radius 3 is 2.84 bits per heavy atom. The van der Waals surface area contributed by atoms with E-state index in [1.807, 2.05) is 24.3 Å². The van der Waals surface area contributed by atoms with Gasteiger partial charge in [0, 0.05) is 11.6 Å². The number of piperidine rings is 1. The van der Waals surface area contributed by atoms with Gasteiger partial charge in [0.05, 0.1) is 6.42 Å². The summed E-state index contributed by atoms with van der Waals surface area (Å²) >= 11 is 5.90. The van der Waals surface area contributed by atoms with Crippen molar-refractivity contribution >= 4 is 17.5 Å². The fraction of sp³-hybridized carbons (Fsp3) is 0.533. The first-order valence-corrected chi connectivity index (χ1v) is 7.21. The van der Waals surface area contributed by atoms with Crippen molar-refractivity contribution in [3.8, 4) is 0 Å². The molecule has 0 atom stereocenters. The molecule has 4 heteroatoms. The van der Waals surface area contributed by atoms with Gasteiger partial charge in [-0.1, -0.05) is 23.7 Å². The fourth-order valence-electron chi connectivity index (χ4n) is 2.42. The van der Waals surface area contributed by atoms with Crippen LogP contribution in [0, 0.1) is 5.92 Å². The normalized spacial score (nSPS) is 17.4. The summed E-state index contributed by atoms with van der Waals surface area (Å²) in [5.74, 6) is 0.709. The van der Waals surface area contributed by atoms with E-state index in [9.17, 15) is 4.79 Å². The first-order valence-electron chi connectivity index (χ1n) is 6.83. The SMILES string of the molecule is CN1CCC(CNC(=O)Cc2cccc(Cl)c2)CC1. The third kappa shape index (κ3) is 4.84. The minimum absolute atomic E-state index is 0.0844. The van der Waals surface area contributed by atoms with Crippen LogP contribution in [0.5, 0.6) is 0 Å². The van der Waals surface area contributed by atoms with Gasteiger partial charge in [0.15, 0.2) is 0 Å². The van der Waals surface area contributed by atoms with Gasteiger partial charge in [0.2, 0.25) is 5.91 Å². The molecular formula is C15H21ClN2O. The lowest BCUT2D eigenvalue weighted by Gasteiger charge is -2.28. The third-order valence-electron chi connectivity index (χ3n) is 3.68. The number of amides is 1. The molecule has 19 heavy (non-hydrogen) atoms. The molecule has 1 aliphatic heterocycles. The quantitative estimate of drug-likeness (QED) is 0.918. The molecule has 2 rings (SSSR count). The van der Waals surface area contributed by atoms with E-state index in [0.717, 1.165) is 25.2 Å². The summed E-state index contributed by atoms with van der Waals surface area (Å²) < 4.78 is 0. The number of nitrogens with one attached hydrogen (secondary N) is 1. The molecule has 1 heterocycles. The Balaban J connectivity index is 1.73. The lowest BCUT2D eigenvalue weighted by atomic mass is 9.97. The van der Waals surface area contributed by atoms with Crippen LogP contribution in [0.15, 0.2) is 24.3 Å². The molecule has 1 aromatic carbocycles. The second-order valence-corrected chi connectivity index (χ2v) is 5.79. The number of hydrogen-bond acceptors (Lipinski definition) is 2. The minimum atomic E-state index is 0.0844. The predicted octanol–water partition coefficient (Wildman–Crippen LogP) is 2.34. The Hall–Kier alpha value is -1.06. The molecule has 1 aliphatic rings. The lowest BCUT2D eigenvalue weighted by molar-refractivity contribution is -0.120. The highest BCUT2D eigenvalue weighted by molar-refractivity contribution is 6.30. The Bertz CT molecular complexity index is 428. The summed E-state index contributed by atoms with van der Waals surface area (Å²) in [7, 11) is 2.15. The number of likely N-dealkylation sites (tertiary alicyclic amines) is 1. The van der Waals surface area contributed by atoms with E-state index < -0.39 is 0 Å². The summed E-state index contributed by atoms with van der Waals surface area (Å²) in [6.07, 6.45) is 2.76. The van der Waals surface area contributed by atoms with E-state index in [4.69, 9.17) is 11.6 Å². The van der Waals surface area contributed by atoms with Gasteiger partial charge in [-0.15, -0.1) is 0 Å². The van der Waals surface area contributed by atoms with Crippen molar-refractivity contribution in [1.29, 1.82) is 0 Å². The molecule has 1 aromatic rings. The second kappa shape index (κ2) is 6.92. The van der Waals surface area contributed by atoms with Crippen LogP contribution in [0.3, 0.4) is 0 Å². The molecule has 1 amide bonds. The fourth-order valence-corrected chi connectivity index (χ4v) is 2.63. The topological polar surface area (TPSA) is 32.3 Å². The van der Waals surface area contributed by atoms with Crippen LogP contribution in [0.4, 0.5) is 0 Å². The molecule has 1 fully saturated rings. The Morgan fingerprint density at radius 1 is 1.42 bits per heavy atom. The van der Waals surface area contributed by atoms with Crippen LogP contribution >= 0.6 is 11.6 Å². The highest BCUT2D eigenvalue weighted by Gasteiger charge is 2.17. The number of halogens is 1. The monoisotopic (exact) mass is 280 g/mol. The van der Waals surface area contributed by atoms with Crippen molar-refractivity contribution < 1.29 is 4.79 Å². The van der Waals surface area contributed by atoms with Crippen molar-refractivity contribution in [3.05, 3.63) is 34.9 Å². The molecule has 0 aromatic heterocycles. The summed E-state index contributed by atoms with van der Waals surface area (Å²) in [6.45, 7) is 3.07. The largest absolute Gasteiger partial charge is 0.356 e. The van der Waals surface area contributed by atoms with Crippen molar-refractivity contribution in [1.82, 2.24) is 10.2 Å². The maximum Gasteiger partial charge on any atom is 0.224 e. The number of carbonyl (C=O) groups excluding carboxylic acids is 1. The van der Waals surface area contributed by atoms with Gasteiger partial charge in [0.25, 0.3) is 0 Å². The van der Waals surface area contributed by atoms with Gasteiger partial charge in [-0.25, -0.2) is 0 Å². The van der Waals surface area contributed by atoms with Crippen LogP contribution in [0.1, 0.15) is 18.4 Å². The first kappa shape index (κ1) is 14.4. The zero-order chi connectivity index (χ0) is 13.7. The van der Waals surface area contributed by atoms with Gasteiger partial charge in [-0.05, 0) is 56.6 Å². The zero-order valence-electron chi connectivity index (χ0n) is 11.4. The smallest absolute Gasteiger partial charge is 0.224 e. The highest BCUT2D eigenvalue weighted by atomic mass is 35.5. The van der Waals surface area contributed by atoms with Crippen LogP contribution in [0.25, 0.3) is 0 Å². The minimum Gasteiger partial charge on any atom is -0.356 e. The van der Waals surface area contributed by atoms with E-state index in [1.165, 1.54) is 12.8 Å². The average molecular weight is 281 g/mol. The Morgan fingerprint density at radius 2 is 2.16 bits per heavy atom. The summed E-state index contributed by atoms with van der Waals surface area (Å²) in [5.41, 5.74) is 0.966. The standard InChI is InChI=1S/C15H21ClN2O/c1-18-7-5-12(6-8-18)11-17-15(19)10-13-3-2-4-14(16)9-13/h2-4,9,12H,5-8,10-11H2,1H3,(H,17,19). The van der Waals surface area contributed by atoms with Gasteiger partial charge in [-0.2, -0.15) is 0 Å². The molecule has 1 saturated heterocycles. The summed E-state index contributed by atoms with van der Waals surface area (Å²) in [5, 5.41) is 3.72. The summed E-state index contributed by atoms with van der Waals surface area (Å²) in [6, 6.07) is 7.47. The first-order chi connectivity index (χ1) is 9.13. The molecule has 1 N–H and O–H groups in total. The molecule has 3 nitrogen and oxygen atoms in total. The van der Waals surface area contributed by atoms with E-state index in [-0.39, 0.29) is 5.91 Å². The van der Waals surface area contributed by atoms with Crippen molar-refractivity contribution in [2.24, 2.45) is 5.92 Å². The highest BCUT2D eigenvalue weighted by Crippen LogP contribution is 2.15. The number of carbonyl (C=O) groups is 1. The average Bonchev–Trinajstić information content (AvgIpc) is 2.38. The predicted molar refractivity (Wildman–Crippen MR) is 78.4 cm³/mol. The molecule has 0 spiro atoms. The Labute approximate surface area is 119 Å². The Kier molecular flexibility index (Phi) is 5.23. The van der Waals surface area contributed by atoms with Crippen molar-refractivity contribution in [2.75, 3.05) is 26.7 Å². The number of rotatable bonds is 4. The van der Waals surface area contributed by atoms with Crippen LogP contribution in [-0.4, -0.2) is 37.5 Å². The number of nitrogens with zero attached hydrogens (tertiary/aromatic N) is 1. The lowest BCUT2D eigenvalue weighted by Crippen LogP contribution is -2.37. The maximum absolute atomic E-state index is 11.9. The molecule has 0 aliphatic carbocycles. The second-order valence-electron chi connectivity index (χ2n) is 5.36. The number of hydrogen-bond donors (Lipinski definition) is 1. The van der Waals surface area contributed by atoms with Gasteiger partial charge >= 0.3 is 0 Å². The van der Waals surface area contributed by atoms with Crippen LogP contribution in [-0.2, 0) is 11.2 Å². The van der Waals surface area contributed by atoms with Gasteiger partial charge in [0.1, 0.15) is 0 Å². The van der Waals surface area contributed by atoms with E-state index in [0.29, 0.717) is 17.4 Å². The van der Waals surface area contributed by atoms with Gasteiger partial charge < -0.3 is 10.2 Å². The van der Waals surface area contributed by atoms with Crippen molar-refractivity contribution in [3.63, 3.8) is 0 Å². The molecule has 0 saturated carbocycles. The van der Waals surface area contributed by atoms with Crippen molar-refractivity contribution in [2.45, 2.75) is 19.3 Å². The van der Waals surface area contributed by atoms with Gasteiger partial charge in [-0.3, -0.25) is 4.79 Å². The maximum atomic E-state index is 11.9. The summed E-state index contributed by atoms with van der Waals surface area (Å²) in [4.78, 5) is 14.2. The van der Waals surface area contributed by atoms with E-state index in [2.05, 4.69) is 17.3 Å². The van der Waals surface area contributed by atoms with Crippen LogP contribution in [0.2, 0.25) is 5.02 Å². The molecule has 0 radical (unpaired) electrons. The zero-order valence-corrected chi connectivity index (χ0v) is 12.1. The molecule has 104 valence electrons. The third-order valence-corrected chi connectivity index (χ3v) is 3.91. The number of benzene rings is 1. The molecular weight excluding hydrogens is 260 g/mol. The van der Waals surface area contributed by atoms with Crippen LogP contribution < -0.4 is 5.32 Å². The van der Waals surface area contributed by atoms with E-state index in [1.54, 1.807) is 0 Å². The van der Waals surface area contributed by atoms with E-state index >= 15 is 0 Å².